The third kappa shape index (κ3) is 7.25. The molecular weight excluding hydrogens is 480 g/mol. The molecule has 0 radical (unpaired) electrons. The van der Waals surface area contributed by atoms with Gasteiger partial charge >= 0.3 is 12.1 Å². The average molecular weight is 511 g/mol. The first-order chi connectivity index (χ1) is 18.0. The van der Waals surface area contributed by atoms with Gasteiger partial charge in [0.25, 0.3) is 0 Å². The standard InChI is InChI=1S/C23H30N10O4/c1-3-36-20-15-26-18(14-27-20)29-22(34)31(2)17-6-4-11-32(16-17)21-24-9-7-19(30-21)37-23(35)25-10-13-33-12-5-8-28-33/h5,7-9,12,14-15,17H,3-4,6,10-11,13,16H2,1-2H3,(H,25,35)(H,26,29,34)/t17-/m1/s1. The van der Waals surface area contributed by atoms with Gasteiger partial charge in [-0.25, -0.2) is 24.5 Å². The number of carbonyl (C=O) groups excluding carboxylic acids is 2. The Morgan fingerprint density at radius 3 is 2.84 bits per heavy atom. The fourth-order valence-electron chi connectivity index (χ4n) is 3.80. The molecule has 3 aromatic heterocycles. The van der Waals surface area contributed by atoms with Crippen LogP contribution in [0.15, 0.2) is 43.1 Å². The number of carbonyl (C=O) groups is 2. The maximum absolute atomic E-state index is 12.8. The second-order valence-corrected chi connectivity index (χ2v) is 8.24. The van der Waals surface area contributed by atoms with E-state index in [1.807, 2.05) is 24.1 Å². The van der Waals surface area contributed by atoms with Crippen LogP contribution in [0.25, 0.3) is 0 Å². The third-order valence-electron chi connectivity index (χ3n) is 5.69. The molecule has 1 fully saturated rings. The van der Waals surface area contributed by atoms with Crippen molar-refractivity contribution in [3.63, 3.8) is 0 Å². The lowest BCUT2D eigenvalue weighted by atomic mass is 10.1. The predicted octanol–water partition coefficient (Wildman–Crippen LogP) is 1.78. The van der Waals surface area contributed by atoms with Crippen molar-refractivity contribution < 1.29 is 19.1 Å². The summed E-state index contributed by atoms with van der Waals surface area (Å²) in [7, 11) is 1.74. The van der Waals surface area contributed by atoms with Gasteiger partial charge in [0.15, 0.2) is 5.82 Å². The molecule has 4 rings (SSSR count). The molecule has 3 aromatic rings. The smallest absolute Gasteiger partial charge is 0.414 e. The van der Waals surface area contributed by atoms with Crippen molar-refractivity contribution in [2.24, 2.45) is 0 Å². The molecule has 0 aromatic carbocycles. The molecule has 1 atom stereocenters. The quantitative estimate of drug-likeness (QED) is 0.436. The molecule has 196 valence electrons. The summed E-state index contributed by atoms with van der Waals surface area (Å²) in [6.45, 7) is 4.48. The van der Waals surface area contributed by atoms with E-state index < -0.39 is 6.09 Å². The summed E-state index contributed by atoms with van der Waals surface area (Å²) in [5.74, 6) is 1.31. The molecule has 0 aliphatic carbocycles. The molecule has 1 aliphatic rings. The molecular formula is C23H30N10O4. The lowest BCUT2D eigenvalue weighted by molar-refractivity contribution is 0.194. The number of hydrogen-bond acceptors (Lipinski definition) is 10. The first kappa shape index (κ1) is 25.6. The van der Waals surface area contributed by atoms with Crippen LogP contribution in [0.1, 0.15) is 19.8 Å². The van der Waals surface area contributed by atoms with E-state index >= 15 is 0 Å². The van der Waals surface area contributed by atoms with Crippen LogP contribution >= 0.6 is 0 Å². The van der Waals surface area contributed by atoms with Crippen LogP contribution < -0.4 is 25.0 Å². The number of urea groups is 1. The highest BCUT2D eigenvalue weighted by Crippen LogP contribution is 2.21. The summed E-state index contributed by atoms with van der Waals surface area (Å²) in [6, 6.07) is 2.96. The average Bonchev–Trinajstić information content (AvgIpc) is 3.43. The largest absolute Gasteiger partial charge is 0.477 e. The van der Waals surface area contributed by atoms with Gasteiger partial charge in [0.2, 0.25) is 17.7 Å². The minimum atomic E-state index is -0.609. The second-order valence-electron chi connectivity index (χ2n) is 8.24. The van der Waals surface area contributed by atoms with Crippen molar-refractivity contribution in [1.82, 2.24) is 39.9 Å². The number of nitrogens with zero attached hydrogens (tertiary/aromatic N) is 8. The molecule has 0 saturated carbocycles. The molecule has 14 heteroatoms. The van der Waals surface area contributed by atoms with Gasteiger partial charge in [-0.15, -0.1) is 0 Å². The molecule has 0 spiro atoms. The van der Waals surface area contributed by atoms with Crippen LogP contribution in [0.4, 0.5) is 21.4 Å². The topological polar surface area (TPSA) is 153 Å². The van der Waals surface area contributed by atoms with E-state index in [0.717, 1.165) is 19.4 Å². The van der Waals surface area contributed by atoms with Gasteiger partial charge in [0.05, 0.1) is 31.6 Å². The van der Waals surface area contributed by atoms with E-state index in [1.165, 1.54) is 18.5 Å². The lowest BCUT2D eigenvalue weighted by Gasteiger charge is -2.37. The Morgan fingerprint density at radius 1 is 1.19 bits per heavy atom. The van der Waals surface area contributed by atoms with Gasteiger partial charge in [-0.05, 0) is 25.8 Å². The zero-order valence-corrected chi connectivity index (χ0v) is 20.8. The fraction of sp³-hybridized carbons (Fsp3) is 0.435. The van der Waals surface area contributed by atoms with E-state index in [9.17, 15) is 9.59 Å². The number of ether oxygens (including phenoxy) is 2. The summed E-state index contributed by atoms with van der Waals surface area (Å²) in [5.41, 5.74) is 0. The highest BCUT2D eigenvalue weighted by atomic mass is 16.6. The van der Waals surface area contributed by atoms with Gasteiger partial charge in [0.1, 0.15) is 0 Å². The number of rotatable bonds is 9. The minimum Gasteiger partial charge on any atom is -0.477 e. The fourth-order valence-corrected chi connectivity index (χ4v) is 3.80. The van der Waals surface area contributed by atoms with Gasteiger partial charge in [-0.3, -0.25) is 10.00 Å². The number of hydrogen-bond donors (Lipinski definition) is 2. The molecule has 0 unspecified atom stereocenters. The zero-order chi connectivity index (χ0) is 26.0. The number of piperidine rings is 1. The Hall–Kier alpha value is -4.49. The predicted molar refractivity (Wildman–Crippen MR) is 134 cm³/mol. The van der Waals surface area contributed by atoms with Crippen molar-refractivity contribution in [3.05, 3.63) is 43.1 Å². The highest BCUT2D eigenvalue weighted by Gasteiger charge is 2.28. The number of aromatic nitrogens is 6. The van der Waals surface area contributed by atoms with E-state index in [-0.39, 0.29) is 18.0 Å². The maximum Gasteiger partial charge on any atom is 0.414 e. The number of likely N-dealkylation sites (N-methyl/N-ethyl adjacent to an activating group) is 1. The summed E-state index contributed by atoms with van der Waals surface area (Å²) < 4.78 is 12.3. The molecule has 14 nitrogen and oxygen atoms in total. The lowest BCUT2D eigenvalue weighted by Crippen LogP contribution is -2.50. The van der Waals surface area contributed by atoms with E-state index in [4.69, 9.17) is 9.47 Å². The van der Waals surface area contributed by atoms with E-state index in [2.05, 4.69) is 35.7 Å². The summed E-state index contributed by atoms with van der Waals surface area (Å²) in [5, 5.41) is 9.51. The minimum absolute atomic E-state index is 0.0804. The number of amides is 3. The highest BCUT2D eigenvalue weighted by molar-refractivity contribution is 5.88. The van der Waals surface area contributed by atoms with Crippen LogP contribution in [0.5, 0.6) is 11.8 Å². The van der Waals surface area contributed by atoms with Crippen LogP contribution in [0, 0.1) is 0 Å². The molecule has 2 N–H and O–H groups in total. The zero-order valence-electron chi connectivity index (χ0n) is 20.8. The molecule has 1 saturated heterocycles. The van der Waals surface area contributed by atoms with Gasteiger partial charge in [0, 0.05) is 51.3 Å². The Kier molecular flexibility index (Phi) is 8.62. The summed E-state index contributed by atoms with van der Waals surface area (Å²) in [6.07, 6.45) is 9.00. The van der Waals surface area contributed by atoms with Crippen LogP contribution in [0.2, 0.25) is 0 Å². The number of nitrogens with one attached hydrogen (secondary N) is 2. The van der Waals surface area contributed by atoms with Crippen LogP contribution in [-0.4, -0.2) is 86.1 Å². The Bertz CT molecular complexity index is 1160. The Morgan fingerprint density at radius 2 is 2.08 bits per heavy atom. The van der Waals surface area contributed by atoms with Gasteiger partial charge in [-0.1, -0.05) is 0 Å². The SMILES string of the molecule is CCOc1cnc(NC(=O)N(C)[C@@H]2CCCN(c3nccc(OC(=O)NCCn4cccn4)n3)C2)cn1. The van der Waals surface area contributed by atoms with Crippen LogP contribution in [0.3, 0.4) is 0 Å². The normalized spacial score (nSPS) is 15.1. The Balaban J connectivity index is 1.29. The number of anilines is 2. The van der Waals surface area contributed by atoms with Crippen molar-refractivity contribution in [2.75, 3.05) is 43.5 Å². The third-order valence-corrected chi connectivity index (χ3v) is 5.69. The van der Waals surface area contributed by atoms with Crippen molar-refractivity contribution in [2.45, 2.75) is 32.4 Å². The van der Waals surface area contributed by atoms with E-state index in [0.29, 0.717) is 43.9 Å². The molecule has 4 heterocycles. The molecule has 1 aliphatic heterocycles. The van der Waals surface area contributed by atoms with Crippen molar-refractivity contribution in [1.29, 1.82) is 0 Å². The maximum atomic E-state index is 12.8. The second kappa shape index (κ2) is 12.5. The molecule has 0 bridgehead atoms. The monoisotopic (exact) mass is 510 g/mol. The summed E-state index contributed by atoms with van der Waals surface area (Å²) in [4.78, 5) is 45.6. The summed E-state index contributed by atoms with van der Waals surface area (Å²) >= 11 is 0. The van der Waals surface area contributed by atoms with E-state index in [1.54, 1.807) is 29.0 Å². The molecule has 37 heavy (non-hydrogen) atoms. The first-order valence-electron chi connectivity index (χ1n) is 12.0. The van der Waals surface area contributed by atoms with Crippen molar-refractivity contribution in [3.8, 4) is 11.8 Å². The van der Waals surface area contributed by atoms with Gasteiger partial charge < -0.3 is 24.6 Å². The van der Waals surface area contributed by atoms with Crippen LogP contribution in [-0.2, 0) is 6.54 Å². The Labute approximate surface area is 214 Å². The van der Waals surface area contributed by atoms with Crippen molar-refractivity contribution >= 4 is 23.9 Å². The molecule has 3 amide bonds. The van der Waals surface area contributed by atoms with Gasteiger partial charge in [-0.2, -0.15) is 10.1 Å². The first-order valence-corrected chi connectivity index (χ1v) is 12.0.